The highest BCUT2D eigenvalue weighted by Gasteiger charge is 2.16. The molecule has 2 aromatic carbocycles. The molecule has 2 N–H and O–H groups in total. The number of hydrogen-bond donors (Lipinski definition) is 1. The van der Waals surface area contributed by atoms with E-state index in [1.54, 1.807) is 0 Å². The summed E-state index contributed by atoms with van der Waals surface area (Å²) < 4.78 is 0. The number of benzene rings is 2. The summed E-state index contributed by atoms with van der Waals surface area (Å²) in [7, 11) is 0. The number of fused-ring (bicyclic) bond motifs is 1. The van der Waals surface area contributed by atoms with Gasteiger partial charge in [-0.25, -0.2) is 0 Å². The standard InChI is InChI=1S/C17H19ClN2/c18-16-11-13(12-19)5-6-17(16)20-9-7-14-3-1-2-4-15(14)8-10-20/h1-6,11H,7-10,12,19H2. The number of nitrogens with zero attached hydrogens (tertiary/aromatic N) is 1. The zero-order valence-electron chi connectivity index (χ0n) is 11.5. The molecular weight excluding hydrogens is 268 g/mol. The molecule has 0 bridgehead atoms. The van der Waals surface area contributed by atoms with E-state index in [-0.39, 0.29) is 0 Å². The second-order valence-electron chi connectivity index (χ2n) is 5.25. The molecule has 0 radical (unpaired) electrons. The van der Waals surface area contributed by atoms with Gasteiger partial charge in [-0.05, 0) is 41.7 Å². The van der Waals surface area contributed by atoms with Gasteiger partial charge in [0.1, 0.15) is 0 Å². The molecule has 1 aliphatic rings. The van der Waals surface area contributed by atoms with Crippen LogP contribution in [0.5, 0.6) is 0 Å². The highest BCUT2D eigenvalue weighted by Crippen LogP contribution is 2.29. The number of anilines is 1. The fourth-order valence-electron chi connectivity index (χ4n) is 2.84. The van der Waals surface area contributed by atoms with Crippen molar-refractivity contribution in [2.45, 2.75) is 19.4 Å². The van der Waals surface area contributed by atoms with Crippen LogP contribution in [-0.4, -0.2) is 13.1 Å². The summed E-state index contributed by atoms with van der Waals surface area (Å²) >= 11 is 6.41. The SMILES string of the molecule is NCc1ccc(N2CCc3ccccc3CC2)c(Cl)c1. The average molecular weight is 287 g/mol. The summed E-state index contributed by atoms with van der Waals surface area (Å²) in [4.78, 5) is 2.38. The highest BCUT2D eigenvalue weighted by molar-refractivity contribution is 6.33. The Kier molecular flexibility index (Phi) is 3.95. The molecule has 3 rings (SSSR count). The maximum atomic E-state index is 6.41. The molecule has 0 fully saturated rings. The molecule has 104 valence electrons. The summed E-state index contributed by atoms with van der Waals surface area (Å²) in [5, 5.41) is 0.805. The molecule has 1 heterocycles. The molecule has 0 atom stereocenters. The first kappa shape index (κ1) is 13.5. The summed E-state index contributed by atoms with van der Waals surface area (Å²) in [6.07, 6.45) is 2.15. The van der Waals surface area contributed by atoms with Gasteiger partial charge in [0.15, 0.2) is 0 Å². The molecule has 3 heteroatoms. The topological polar surface area (TPSA) is 29.3 Å². The predicted molar refractivity (Wildman–Crippen MR) is 85.4 cm³/mol. The predicted octanol–water partition coefficient (Wildman–Crippen LogP) is 3.40. The van der Waals surface area contributed by atoms with Crippen LogP contribution in [0.1, 0.15) is 16.7 Å². The molecule has 0 amide bonds. The van der Waals surface area contributed by atoms with E-state index < -0.39 is 0 Å². The molecule has 0 saturated carbocycles. The lowest BCUT2D eigenvalue weighted by atomic mass is 10.0. The van der Waals surface area contributed by atoms with Gasteiger partial charge in [0.25, 0.3) is 0 Å². The Hall–Kier alpha value is -1.51. The minimum atomic E-state index is 0.533. The van der Waals surface area contributed by atoms with Crippen LogP contribution >= 0.6 is 11.6 Å². The lowest BCUT2D eigenvalue weighted by Gasteiger charge is -2.24. The van der Waals surface area contributed by atoms with E-state index in [1.807, 2.05) is 6.07 Å². The van der Waals surface area contributed by atoms with Crippen molar-refractivity contribution >= 4 is 17.3 Å². The van der Waals surface area contributed by atoms with E-state index in [2.05, 4.69) is 41.3 Å². The second-order valence-corrected chi connectivity index (χ2v) is 5.65. The zero-order valence-corrected chi connectivity index (χ0v) is 12.2. The fourth-order valence-corrected chi connectivity index (χ4v) is 3.17. The number of hydrogen-bond acceptors (Lipinski definition) is 2. The van der Waals surface area contributed by atoms with Crippen LogP contribution in [0.4, 0.5) is 5.69 Å². The van der Waals surface area contributed by atoms with Crippen LogP contribution in [0.2, 0.25) is 5.02 Å². The van der Waals surface area contributed by atoms with Gasteiger partial charge in [-0.15, -0.1) is 0 Å². The normalized spacial score (nSPS) is 14.8. The monoisotopic (exact) mass is 286 g/mol. The number of halogens is 1. The van der Waals surface area contributed by atoms with Crippen molar-refractivity contribution in [2.24, 2.45) is 5.73 Å². The summed E-state index contributed by atoms with van der Waals surface area (Å²) in [5.41, 5.74) is 10.8. The van der Waals surface area contributed by atoms with Gasteiger partial charge < -0.3 is 10.6 Å². The summed E-state index contributed by atoms with van der Waals surface area (Å²) in [5.74, 6) is 0. The zero-order chi connectivity index (χ0) is 13.9. The first-order valence-electron chi connectivity index (χ1n) is 7.08. The van der Waals surface area contributed by atoms with E-state index in [9.17, 15) is 0 Å². The minimum Gasteiger partial charge on any atom is -0.370 e. The van der Waals surface area contributed by atoms with Crippen LogP contribution in [0.15, 0.2) is 42.5 Å². The van der Waals surface area contributed by atoms with Gasteiger partial charge in [-0.2, -0.15) is 0 Å². The van der Waals surface area contributed by atoms with Gasteiger partial charge in [-0.3, -0.25) is 0 Å². The molecule has 2 aromatic rings. The summed E-state index contributed by atoms with van der Waals surface area (Å²) in [6, 6.07) is 14.9. The Balaban J connectivity index is 1.83. The minimum absolute atomic E-state index is 0.533. The number of nitrogens with two attached hydrogens (primary N) is 1. The van der Waals surface area contributed by atoms with Gasteiger partial charge in [0.05, 0.1) is 10.7 Å². The first-order chi connectivity index (χ1) is 9.78. The van der Waals surface area contributed by atoms with Crippen LogP contribution in [0, 0.1) is 0 Å². The maximum Gasteiger partial charge on any atom is 0.0642 e. The largest absolute Gasteiger partial charge is 0.370 e. The molecular formula is C17H19ClN2. The van der Waals surface area contributed by atoms with Gasteiger partial charge >= 0.3 is 0 Å². The summed E-state index contributed by atoms with van der Waals surface area (Å²) in [6.45, 7) is 2.56. The lowest BCUT2D eigenvalue weighted by Crippen LogP contribution is -2.26. The molecule has 0 saturated heterocycles. The third-order valence-corrected chi connectivity index (χ3v) is 4.31. The molecule has 20 heavy (non-hydrogen) atoms. The van der Waals surface area contributed by atoms with Crippen molar-refractivity contribution in [3.05, 3.63) is 64.2 Å². The van der Waals surface area contributed by atoms with E-state index in [1.165, 1.54) is 11.1 Å². The van der Waals surface area contributed by atoms with Gasteiger partial charge in [0.2, 0.25) is 0 Å². The Morgan fingerprint density at radius 1 is 1.00 bits per heavy atom. The quantitative estimate of drug-likeness (QED) is 0.917. The van der Waals surface area contributed by atoms with Gasteiger partial charge in [-0.1, -0.05) is 41.9 Å². The Labute approximate surface area is 125 Å². The van der Waals surface area contributed by atoms with Crippen LogP contribution < -0.4 is 10.6 Å². The van der Waals surface area contributed by atoms with Crippen LogP contribution in [0.25, 0.3) is 0 Å². The lowest BCUT2D eigenvalue weighted by molar-refractivity contribution is 0.805. The molecule has 0 aliphatic carbocycles. The fraction of sp³-hybridized carbons (Fsp3) is 0.294. The second kappa shape index (κ2) is 5.86. The Morgan fingerprint density at radius 3 is 2.20 bits per heavy atom. The highest BCUT2D eigenvalue weighted by atomic mass is 35.5. The smallest absolute Gasteiger partial charge is 0.0642 e. The van der Waals surface area contributed by atoms with E-state index in [0.29, 0.717) is 6.54 Å². The van der Waals surface area contributed by atoms with Crippen molar-refractivity contribution < 1.29 is 0 Å². The van der Waals surface area contributed by atoms with Crippen molar-refractivity contribution in [1.29, 1.82) is 0 Å². The van der Waals surface area contributed by atoms with E-state index >= 15 is 0 Å². The Morgan fingerprint density at radius 2 is 1.65 bits per heavy atom. The van der Waals surface area contributed by atoms with Crippen molar-refractivity contribution in [1.82, 2.24) is 0 Å². The molecule has 0 unspecified atom stereocenters. The molecule has 1 aliphatic heterocycles. The maximum absolute atomic E-state index is 6.41. The van der Waals surface area contributed by atoms with E-state index in [4.69, 9.17) is 17.3 Å². The Bertz CT molecular complexity index is 583. The molecule has 0 aromatic heterocycles. The van der Waals surface area contributed by atoms with Crippen molar-refractivity contribution in [2.75, 3.05) is 18.0 Å². The van der Waals surface area contributed by atoms with Crippen LogP contribution in [0.3, 0.4) is 0 Å². The molecule has 2 nitrogen and oxygen atoms in total. The third-order valence-electron chi connectivity index (χ3n) is 4.01. The first-order valence-corrected chi connectivity index (χ1v) is 7.46. The van der Waals surface area contributed by atoms with Gasteiger partial charge in [0, 0.05) is 19.6 Å². The number of rotatable bonds is 2. The van der Waals surface area contributed by atoms with Crippen molar-refractivity contribution in [3.63, 3.8) is 0 Å². The third kappa shape index (κ3) is 2.67. The van der Waals surface area contributed by atoms with Crippen LogP contribution in [-0.2, 0) is 19.4 Å². The van der Waals surface area contributed by atoms with Crippen molar-refractivity contribution in [3.8, 4) is 0 Å². The van der Waals surface area contributed by atoms with E-state index in [0.717, 1.165) is 42.2 Å². The molecule has 0 spiro atoms. The average Bonchev–Trinajstić information content (AvgIpc) is 2.70.